The van der Waals surface area contributed by atoms with Crippen LogP contribution < -0.4 is 5.73 Å². The van der Waals surface area contributed by atoms with Crippen molar-refractivity contribution in [3.05, 3.63) is 23.5 Å². The molecule has 0 aromatic carbocycles. The van der Waals surface area contributed by atoms with Gasteiger partial charge in [-0.3, -0.25) is 4.79 Å². The largest absolute Gasteiger partial charge is 0.336 e. The maximum absolute atomic E-state index is 12.7. The molecule has 1 atom stereocenters. The summed E-state index contributed by atoms with van der Waals surface area (Å²) in [4.78, 5) is 18.8. The van der Waals surface area contributed by atoms with Crippen LogP contribution in [-0.4, -0.2) is 40.1 Å². The Hall–Kier alpha value is -1.66. The Kier molecular flexibility index (Phi) is 5.37. The second-order valence-corrected chi connectivity index (χ2v) is 5.44. The molecule has 22 heavy (non-hydrogen) atoms. The molecule has 1 fully saturated rings. The Morgan fingerprint density at radius 2 is 2.32 bits per heavy atom. The molecular formula is C15H21ClN4O2. The van der Waals surface area contributed by atoms with Crippen LogP contribution in [0, 0.1) is 0 Å². The van der Waals surface area contributed by atoms with E-state index in [1.165, 1.54) is 0 Å². The Morgan fingerprint density at radius 1 is 1.50 bits per heavy atom. The van der Waals surface area contributed by atoms with Gasteiger partial charge in [-0.05, 0) is 31.7 Å². The fourth-order valence-corrected chi connectivity index (χ4v) is 2.93. The van der Waals surface area contributed by atoms with E-state index in [4.69, 9.17) is 10.3 Å². The maximum atomic E-state index is 12.7. The van der Waals surface area contributed by atoms with Gasteiger partial charge in [0.1, 0.15) is 0 Å². The number of carbonyl (C=O) groups excluding carboxylic acids is 1. The zero-order chi connectivity index (χ0) is 14.8. The topological polar surface area (TPSA) is 85.2 Å². The van der Waals surface area contributed by atoms with Gasteiger partial charge in [-0.15, -0.1) is 12.4 Å². The molecule has 1 aliphatic heterocycles. The summed E-state index contributed by atoms with van der Waals surface area (Å²) in [5.41, 5.74) is 7.70. The lowest BCUT2D eigenvalue weighted by atomic mass is 10.0. The van der Waals surface area contributed by atoms with Crippen LogP contribution in [0.25, 0.3) is 11.1 Å². The number of halogens is 1. The number of likely N-dealkylation sites (tertiary alicyclic amines) is 1. The number of pyridine rings is 1. The first-order valence-electron chi connectivity index (χ1n) is 7.50. The van der Waals surface area contributed by atoms with Gasteiger partial charge in [-0.2, -0.15) is 0 Å². The molecule has 120 valence electrons. The van der Waals surface area contributed by atoms with E-state index in [0.717, 1.165) is 43.3 Å². The number of aromatic nitrogens is 2. The van der Waals surface area contributed by atoms with Crippen LogP contribution in [0.2, 0.25) is 0 Å². The summed E-state index contributed by atoms with van der Waals surface area (Å²) in [6.45, 7) is 3.28. The van der Waals surface area contributed by atoms with Crippen molar-refractivity contribution in [2.75, 3.05) is 13.1 Å². The molecule has 2 aromatic heterocycles. The summed E-state index contributed by atoms with van der Waals surface area (Å²) in [5.74, 6) is 0.00260. The first-order chi connectivity index (χ1) is 10.2. The number of nitrogens with two attached hydrogens (primary N) is 1. The highest BCUT2D eigenvalue weighted by Gasteiger charge is 2.27. The first kappa shape index (κ1) is 16.7. The highest BCUT2D eigenvalue weighted by atomic mass is 35.5. The van der Waals surface area contributed by atoms with E-state index in [1.54, 1.807) is 6.20 Å². The molecule has 1 amide bonds. The van der Waals surface area contributed by atoms with E-state index < -0.39 is 0 Å². The maximum Gasteiger partial charge on any atom is 0.257 e. The lowest BCUT2D eigenvalue weighted by molar-refractivity contribution is 0.0623. The van der Waals surface area contributed by atoms with Crippen LogP contribution >= 0.6 is 12.4 Å². The van der Waals surface area contributed by atoms with Crippen LogP contribution in [0.1, 0.15) is 42.2 Å². The lowest BCUT2D eigenvalue weighted by Gasteiger charge is -2.35. The Morgan fingerprint density at radius 3 is 3.05 bits per heavy atom. The molecule has 3 heterocycles. The van der Waals surface area contributed by atoms with Crippen molar-refractivity contribution in [3.63, 3.8) is 0 Å². The lowest BCUT2D eigenvalue weighted by Crippen LogP contribution is -2.47. The summed E-state index contributed by atoms with van der Waals surface area (Å²) in [7, 11) is 0. The minimum Gasteiger partial charge on any atom is -0.336 e. The molecular weight excluding hydrogens is 304 g/mol. The quantitative estimate of drug-likeness (QED) is 0.935. The molecule has 0 saturated carbocycles. The van der Waals surface area contributed by atoms with E-state index in [1.807, 2.05) is 17.9 Å². The molecule has 3 rings (SSSR count). The van der Waals surface area contributed by atoms with E-state index in [-0.39, 0.29) is 24.4 Å². The molecule has 2 aromatic rings. The van der Waals surface area contributed by atoms with E-state index in [9.17, 15) is 4.79 Å². The molecule has 0 radical (unpaired) electrons. The van der Waals surface area contributed by atoms with Crippen LogP contribution in [0.5, 0.6) is 0 Å². The normalized spacial score (nSPS) is 18.3. The predicted molar refractivity (Wildman–Crippen MR) is 86.2 cm³/mol. The van der Waals surface area contributed by atoms with Crippen LogP contribution in [0.15, 0.2) is 16.8 Å². The zero-order valence-corrected chi connectivity index (χ0v) is 13.4. The number of rotatable bonds is 3. The van der Waals surface area contributed by atoms with Crippen molar-refractivity contribution in [2.45, 2.75) is 38.6 Å². The average Bonchev–Trinajstić information content (AvgIpc) is 2.96. The van der Waals surface area contributed by atoms with Crippen LogP contribution in [0.4, 0.5) is 0 Å². The van der Waals surface area contributed by atoms with Gasteiger partial charge in [-0.25, -0.2) is 4.98 Å². The van der Waals surface area contributed by atoms with E-state index in [0.29, 0.717) is 17.8 Å². The first-order valence-corrected chi connectivity index (χ1v) is 7.50. The Labute approximate surface area is 135 Å². The van der Waals surface area contributed by atoms with Crippen molar-refractivity contribution >= 4 is 29.4 Å². The smallest absolute Gasteiger partial charge is 0.257 e. The second kappa shape index (κ2) is 7.07. The summed E-state index contributed by atoms with van der Waals surface area (Å²) in [5, 5.41) is 4.80. The number of fused-ring (bicyclic) bond motifs is 1. The molecule has 0 spiro atoms. The number of carbonyl (C=O) groups is 1. The molecule has 6 nitrogen and oxygen atoms in total. The van der Waals surface area contributed by atoms with Gasteiger partial charge in [0.2, 0.25) is 0 Å². The molecule has 0 bridgehead atoms. The number of aryl methyl sites for hydroxylation is 1. The van der Waals surface area contributed by atoms with Gasteiger partial charge in [0.15, 0.2) is 0 Å². The SMILES string of the molecule is CCc1noc2ncc(C(=O)N3CCCCC3CN)cc12.Cl. The fraction of sp³-hybridized carbons (Fsp3) is 0.533. The average molecular weight is 325 g/mol. The molecule has 0 aliphatic carbocycles. The highest BCUT2D eigenvalue weighted by molar-refractivity contribution is 5.97. The number of hydrogen-bond acceptors (Lipinski definition) is 5. The Bertz CT molecular complexity index is 658. The van der Waals surface area contributed by atoms with Gasteiger partial charge < -0.3 is 15.2 Å². The van der Waals surface area contributed by atoms with E-state index in [2.05, 4.69) is 10.1 Å². The van der Waals surface area contributed by atoms with Gasteiger partial charge in [0, 0.05) is 25.3 Å². The highest BCUT2D eigenvalue weighted by Crippen LogP contribution is 2.22. The number of nitrogens with zero attached hydrogens (tertiary/aromatic N) is 3. The minimum atomic E-state index is 0. The van der Waals surface area contributed by atoms with Gasteiger partial charge in [0.05, 0.1) is 16.6 Å². The molecule has 1 unspecified atom stereocenters. The van der Waals surface area contributed by atoms with Crippen LogP contribution in [0.3, 0.4) is 0 Å². The second-order valence-electron chi connectivity index (χ2n) is 5.44. The number of piperidine rings is 1. The summed E-state index contributed by atoms with van der Waals surface area (Å²) < 4.78 is 5.16. The molecule has 1 aliphatic rings. The Balaban J connectivity index is 0.00000176. The summed E-state index contributed by atoms with van der Waals surface area (Å²) in [6.07, 6.45) is 5.46. The third-order valence-corrected chi connectivity index (χ3v) is 4.15. The standard InChI is InChI=1S/C15H20N4O2.ClH/c1-2-13-12-7-10(9-17-14(12)21-18-13)15(20)19-6-4-3-5-11(19)8-16;/h7,9,11H,2-6,8,16H2,1H3;1H. The molecule has 2 N–H and O–H groups in total. The van der Waals surface area contributed by atoms with Crippen LogP contribution in [-0.2, 0) is 6.42 Å². The third kappa shape index (κ3) is 2.94. The number of hydrogen-bond donors (Lipinski definition) is 1. The molecule has 1 saturated heterocycles. The van der Waals surface area contributed by atoms with Crippen molar-refractivity contribution < 1.29 is 9.32 Å². The molecule has 7 heteroatoms. The van der Waals surface area contributed by atoms with Gasteiger partial charge in [-0.1, -0.05) is 12.1 Å². The van der Waals surface area contributed by atoms with Crippen molar-refractivity contribution in [1.82, 2.24) is 15.0 Å². The number of amides is 1. The van der Waals surface area contributed by atoms with Crippen molar-refractivity contribution in [1.29, 1.82) is 0 Å². The van der Waals surface area contributed by atoms with Gasteiger partial charge in [0.25, 0.3) is 11.6 Å². The van der Waals surface area contributed by atoms with Crippen molar-refractivity contribution in [2.24, 2.45) is 5.73 Å². The third-order valence-electron chi connectivity index (χ3n) is 4.15. The minimum absolute atomic E-state index is 0. The monoisotopic (exact) mass is 324 g/mol. The predicted octanol–water partition coefficient (Wildman–Crippen LogP) is 2.16. The summed E-state index contributed by atoms with van der Waals surface area (Å²) in [6, 6.07) is 1.97. The fourth-order valence-electron chi connectivity index (χ4n) is 2.93. The van der Waals surface area contributed by atoms with E-state index >= 15 is 0 Å². The summed E-state index contributed by atoms with van der Waals surface area (Å²) >= 11 is 0. The zero-order valence-electron chi connectivity index (χ0n) is 12.6. The van der Waals surface area contributed by atoms with Crippen molar-refractivity contribution in [3.8, 4) is 0 Å². The van der Waals surface area contributed by atoms with Gasteiger partial charge >= 0.3 is 0 Å².